The SMILES string of the molecule is Cc1cc(C)n(CCNC(=O)[C@H](C)n2cnc3ccccc32)c(=O)n1. The highest BCUT2D eigenvalue weighted by atomic mass is 16.2. The molecule has 7 heteroatoms. The number of carbonyl (C=O) groups excluding carboxylic acids is 1. The maximum Gasteiger partial charge on any atom is 0.348 e. The van der Waals surface area contributed by atoms with Crippen molar-refractivity contribution in [3.63, 3.8) is 0 Å². The van der Waals surface area contributed by atoms with Crippen LogP contribution in [-0.2, 0) is 11.3 Å². The third kappa shape index (κ3) is 3.45. The molecule has 0 saturated heterocycles. The van der Waals surface area contributed by atoms with Gasteiger partial charge >= 0.3 is 5.69 Å². The molecule has 0 saturated carbocycles. The Kier molecular flexibility index (Phi) is 4.65. The molecule has 0 aliphatic carbocycles. The van der Waals surface area contributed by atoms with Gasteiger partial charge < -0.3 is 9.88 Å². The number of amides is 1. The van der Waals surface area contributed by atoms with Crippen molar-refractivity contribution in [2.24, 2.45) is 0 Å². The Hall–Kier alpha value is -2.96. The van der Waals surface area contributed by atoms with Gasteiger partial charge in [0.1, 0.15) is 6.04 Å². The van der Waals surface area contributed by atoms with E-state index in [2.05, 4.69) is 15.3 Å². The lowest BCUT2D eigenvalue weighted by atomic mass is 10.2. The van der Waals surface area contributed by atoms with Gasteiger partial charge in [0.15, 0.2) is 0 Å². The van der Waals surface area contributed by atoms with Gasteiger partial charge in [-0.25, -0.2) is 9.78 Å². The molecule has 0 bridgehead atoms. The molecule has 1 atom stereocenters. The van der Waals surface area contributed by atoms with Crippen LogP contribution < -0.4 is 11.0 Å². The number of nitrogens with zero attached hydrogens (tertiary/aromatic N) is 4. The fourth-order valence-corrected chi connectivity index (χ4v) is 2.90. The van der Waals surface area contributed by atoms with Crippen molar-refractivity contribution in [2.75, 3.05) is 6.54 Å². The summed E-state index contributed by atoms with van der Waals surface area (Å²) in [5, 5.41) is 2.88. The zero-order chi connectivity index (χ0) is 18.0. The van der Waals surface area contributed by atoms with Crippen LogP contribution in [-0.4, -0.2) is 31.6 Å². The van der Waals surface area contributed by atoms with Gasteiger partial charge in [-0.2, -0.15) is 4.98 Å². The van der Waals surface area contributed by atoms with Gasteiger partial charge in [-0.3, -0.25) is 9.36 Å². The summed E-state index contributed by atoms with van der Waals surface area (Å²) >= 11 is 0. The van der Waals surface area contributed by atoms with Crippen molar-refractivity contribution < 1.29 is 4.79 Å². The predicted molar refractivity (Wildman–Crippen MR) is 95.4 cm³/mol. The third-order valence-electron chi connectivity index (χ3n) is 4.26. The number of rotatable bonds is 5. The van der Waals surface area contributed by atoms with Gasteiger partial charge in [-0.05, 0) is 39.0 Å². The van der Waals surface area contributed by atoms with Crippen LogP contribution in [0.1, 0.15) is 24.4 Å². The van der Waals surface area contributed by atoms with E-state index in [1.807, 2.05) is 48.7 Å². The number of imidazole rings is 1. The number of benzene rings is 1. The molecule has 0 radical (unpaired) electrons. The van der Waals surface area contributed by atoms with Crippen LogP contribution in [0.4, 0.5) is 0 Å². The second-order valence-electron chi connectivity index (χ2n) is 6.08. The summed E-state index contributed by atoms with van der Waals surface area (Å²) in [6.07, 6.45) is 1.67. The third-order valence-corrected chi connectivity index (χ3v) is 4.26. The molecule has 0 spiro atoms. The van der Waals surface area contributed by atoms with Gasteiger partial charge in [0, 0.05) is 24.5 Å². The number of aryl methyl sites for hydroxylation is 2. The predicted octanol–water partition coefficient (Wildman–Crippen LogP) is 1.59. The van der Waals surface area contributed by atoms with E-state index in [0.717, 1.165) is 16.7 Å². The minimum Gasteiger partial charge on any atom is -0.353 e. The number of nitrogens with one attached hydrogen (secondary N) is 1. The molecule has 130 valence electrons. The highest BCUT2D eigenvalue weighted by Crippen LogP contribution is 2.17. The molecular weight excluding hydrogens is 318 g/mol. The molecule has 0 fully saturated rings. The number of hydrogen-bond acceptors (Lipinski definition) is 4. The lowest BCUT2D eigenvalue weighted by Crippen LogP contribution is -2.36. The first kappa shape index (κ1) is 16.9. The normalized spacial score (nSPS) is 12.3. The van der Waals surface area contributed by atoms with Crippen LogP contribution in [0.2, 0.25) is 0 Å². The molecular formula is C18H21N5O2. The molecule has 0 aliphatic heterocycles. The Balaban J connectivity index is 1.66. The van der Waals surface area contributed by atoms with Crippen LogP contribution in [0.15, 0.2) is 41.5 Å². The lowest BCUT2D eigenvalue weighted by Gasteiger charge is -2.15. The highest BCUT2D eigenvalue weighted by molar-refractivity contribution is 5.83. The summed E-state index contributed by atoms with van der Waals surface area (Å²) in [7, 11) is 0. The number of aromatic nitrogens is 4. The highest BCUT2D eigenvalue weighted by Gasteiger charge is 2.16. The van der Waals surface area contributed by atoms with E-state index in [1.165, 1.54) is 0 Å². The standard InChI is InChI=1S/C18H21N5O2/c1-12-10-13(2)22(18(25)21-12)9-8-19-17(24)14(3)23-11-20-15-6-4-5-7-16(15)23/h4-7,10-11,14H,8-9H2,1-3H3,(H,19,24)/t14-/m0/s1. The Labute approximate surface area is 145 Å². The van der Waals surface area contributed by atoms with Crippen molar-refractivity contribution >= 4 is 16.9 Å². The van der Waals surface area contributed by atoms with Crippen LogP contribution in [0.25, 0.3) is 11.0 Å². The summed E-state index contributed by atoms with van der Waals surface area (Å²) in [5.41, 5.74) is 3.01. The first-order valence-corrected chi connectivity index (χ1v) is 8.21. The fourth-order valence-electron chi connectivity index (χ4n) is 2.90. The van der Waals surface area contributed by atoms with Crippen LogP contribution >= 0.6 is 0 Å². The van der Waals surface area contributed by atoms with Crippen molar-refractivity contribution in [1.29, 1.82) is 0 Å². The van der Waals surface area contributed by atoms with E-state index in [4.69, 9.17) is 0 Å². The van der Waals surface area contributed by atoms with Gasteiger partial charge in [0.05, 0.1) is 17.4 Å². The molecule has 2 heterocycles. The minimum absolute atomic E-state index is 0.117. The van der Waals surface area contributed by atoms with Gasteiger partial charge in [0.2, 0.25) is 5.91 Å². The van der Waals surface area contributed by atoms with Crippen molar-refractivity contribution in [1.82, 2.24) is 24.4 Å². The average Bonchev–Trinajstić information content (AvgIpc) is 3.00. The fraction of sp³-hybridized carbons (Fsp3) is 0.333. The Morgan fingerprint density at radius 3 is 2.80 bits per heavy atom. The molecule has 1 N–H and O–H groups in total. The summed E-state index contributed by atoms with van der Waals surface area (Å²) < 4.78 is 3.40. The molecule has 25 heavy (non-hydrogen) atoms. The number of fused-ring (bicyclic) bond motifs is 1. The minimum atomic E-state index is -0.388. The molecule has 7 nitrogen and oxygen atoms in total. The number of hydrogen-bond donors (Lipinski definition) is 1. The number of para-hydroxylation sites is 2. The van der Waals surface area contributed by atoms with Gasteiger partial charge in [-0.15, -0.1) is 0 Å². The summed E-state index contributed by atoms with van der Waals surface area (Å²) in [5.74, 6) is -0.117. The summed E-state index contributed by atoms with van der Waals surface area (Å²) in [6.45, 7) is 6.23. The van der Waals surface area contributed by atoms with E-state index in [9.17, 15) is 9.59 Å². The van der Waals surface area contributed by atoms with Crippen LogP contribution in [0.3, 0.4) is 0 Å². The molecule has 0 aliphatic rings. The van der Waals surface area contributed by atoms with E-state index < -0.39 is 0 Å². The first-order chi connectivity index (χ1) is 12.0. The first-order valence-electron chi connectivity index (χ1n) is 8.21. The molecule has 0 unspecified atom stereocenters. The van der Waals surface area contributed by atoms with E-state index in [-0.39, 0.29) is 17.6 Å². The molecule has 1 amide bonds. The Bertz CT molecular complexity index is 973. The maximum absolute atomic E-state index is 12.4. The van der Waals surface area contributed by atoms with E-state index in [0.29, 0.717) is 18.8 Å². The maximum atomic E-state index is 12.4. The monoisotopic (exact) mass is 339 g/mol. The van der Waals surface area contributed by atoms with Crippen molar-refractivity contribution in [3.8, 4) is 0 Å². The number of carbonyl (C=O) groups is 1. The summed E-state index contributed by atoms with van der Waals surface area (Å²) in [4.78, 5) is 32.6. The van der Waals surface area contributed by atoms with E-state index >= 15 is 0 Å². The molecule has 1 aromatic carbocycles. The lowest BCUT2D eigenvalue weighted by molar-refractivity contribution is -0.123. The quantitative estimate of drug-likeness (QED) is 0.765. The largest absolute Gasteiger partial charge is 0.353 e. The Morgan fingerprint density at radius 2 is 2.04 bits per heavy atom. The van der Waals surface area contributed by atoms with Crippen molar-refractivity contribution in [2.45, 2.75) is 33.4 Å². The van der Waals surface area contributed by atoms with E-state index in [1.54, 1.807) is 17.8 Å². The summed E-state index contributed by atoms with van der Waals surface area (Å²) in [6, 6.07) is 9.15. The Morgan fingerprint density at radius 1 is 1.28 bits per heavy atom. The average molecular weight is 339 g/mol. The van der Waals surface area contributed by atoms with Crippen LogP contribution in [0, 0.1) is 13.8 Å². The zero-order valence-electron chi connectivity index (χ0n) is 14.6. The van der Waals surface area contributed by atoms with Gasteiger partial charge in [0.25, 0.3) is 0 Å². The topological polar surface area (TPSA) is 81.8 Å². The second kappa shape index (κ2) is 6.88. The molecule has 2 aromatic heterocycles. The van der Waals surface area contributed by atoms with Crippen LogP contribution in [0.5, 0.6) is 0 Å². The second-order valence-corrected chi connectivity index (χ2v) is 6.08. The molecule has 3 aromatic rings. The van der Waals surface area contributed by atoms with Gasteiger partial charge in [-0.1, -0.05) is 12.1 Å². The zero-order valence-corrected chi connectivity index (χ0v) is 14.6. The molecule has 3 rings (SSSR count). The van der Waals surface area contributed by atoms with Crippen molar-refractivity contribution in [3.05, 3.63) is 58.5 Å². The smallest absolute Gasteiger partial charge is 0.348 e.